The molecule has 0 atom stereocenters. The molecule has 2 nitrogen and oxygen atoms in total. The Morgan fingerprint density at radius 2 is 2.00 bits per heavy atom. The van der Waals surface area contributed by atoms with E-state index in [1.165, 1.54) is 9.15 Å². The Kier molecular flexibility index (Phi) is 6.01. The molecule has 0 aliphatic heterocycles. The molecular weight excluding hydrogens is 377 g/mol. The van der Waals surface area contributed by atoms with Crippen LogP contribution in [0.3, 0.4) is 0 Å². The van der Waals surface area contributed by atoms with Gasteiger partial charge in [0.15, 0.2) is 0 Å². The van der Waals surface area contributed by atoms with Crippen LogP contribution in [0.4, 0.5) is 0 Å². The van der Waals surface area contributed by atoms with E-state index in [0.717, 1.165) is 0 Å². The van der Waals surface area contributed by atoms with Crippen LogP contribution in [0.5, 0.6) is 0 Å². The van der Waals surface area contributed by atoms with Crippen LogP contribution < -0.4 is 3.07 Å². The zero-order chi connectivity index (χ0) is 10.9. The van der Waals surface area contributed by atoms with Gasteiger partial charge in [0.25, 0.3) is 0 Å². The molecule has 1 aromatic carbocycles. The van der Waals surface area contributed by atoms with E-state index in [2.05, 4.69) is 0 Å². The first-order valence-electron chi connectivity index (χ1n) is 4.83. The Balaban J connectivity index is 2.35. The first-order valence-corrected chi connectivity index (χ1v) is 9.82. The third-order valence-corrected chi connectivity index (χ3v) is 6.56. The van der Waals surface area contributed by atoms with Gasteiger partial charge in [0.2, 0.25) is 0 Å². The third kappa shape index (κ3) is 5.52. The molecule has 3 heteroatoms. The fourth-order valence-corrected chi connectivity index (χ4v) is 4.40. The van der Waals surface area contributed by atoms with Gasteiger partial charge in [-0.2, -0.15) is 0 Å². The van der Waals surface area contributed by atoms with E-state index in [1.54, 1.807) is 12.2 Å². The Bertz CT molecular complexity index is 355. The third-order valence-electron chi connectivity index (χ3n) is 1.76. The number of allylic oxidation sites excluding steroid dienone is 3. The van der Waals surface area contributed by atoms with Crippen LogP contribution in [0.15, 0.2) is 54.6 Å². The fourth-order valence-electron chi connectivity index (χ4n) is 1.02. The molecule has 74 valence electrons. The molecule has 0 bridgehead atoms. The van der Waals surface area contributed by atoms with E-state index >= 15 is 0 Å². The van der Waals surface area contributed by atoms with Crippen LogP contribution in [-0.2, 0) is 32.5 Å². The van der Waals surface area contributed by atoms with Gasteiger partial charge in [-0.25, -0.2) is 0 Å². The first kappa shape index (κ1) is 12.2. The summed E-state index contributed by atoms with van der Waals surface area (Å²) < 4.78 is 6.45. The van der Waals surface area contributed by atoms with Gasteiger partial charge < -0.3 is 0 Å². The number of rotatable bonds is 4. The van der Waals surface area contributed by atoms with Gasteiger partial charge >= 0.3 is 103 Å². The number of carbonyl (C=O) groups is 1. The molecule has 0 aliphatic rings. The molecule has 0 radical (unpaired) electrons. The number of hydrogen-bond acceptors (Lipinski definition) is 2. The van der Waals surface area contributed by atoms with Crippen molar-refractivity contribution in [2.24, 2.45) is 0 Å². The molecule has 0 spiro atoms. The number of hydrogen-bond donors (Lipinski definition) is 0. The van der Waals surface area contributed by atoms with Crippen LogP contribution in [-0.4, -0.2) is 5.97 Å². The molecular formula is C12H12HgO2. The molecule has 15 heavy (non-hydrogen) atoms. The van der Waals surface area contributed by atoms with Crippen molar-refractivity contribution in [3.8, 4) is 0 Å². The van der Waals surface area contributed by atoms with Crippen molar-refractivity contribution < 1.29 is 32.5 Å². The summed E-state index contributed by atoms with van der Waals surface area (Å²) in [6, 6.07) is 9.94. The van der Waals surface area contributed by atoms with Crippen LogP contribution in [0.2, 0.25) is 0 Å². The quantitative estimate of drug-likeness (QED) is 0.448. The monoisotopic (exact) mass is 390 g/mol. The molecule has 0 saturated heterocycles. The molecule has 0 unspecified atom stereocenters. The first-order chi connectivity index (χ1) is 7.33. The van der Waals surface area contributed by atoms with Gasteiger partial charge in [0.1, 0.15) is 0 Å². The molecule has 0 amide bonds. The van der Waals surface area contributed by atoms with Gasteiger partial charge in [-0.05, 0) is 0 Å². The summed E-state index contributed by atoms with van der Waals surface area (Å²) in [4.78, 5) is 11.2. The van der Waals surface area contributed by atoms with Gasteiger partial charge in [0, 0.05) is 0 Å². The molecule has 0 aliphatic carbocycles. The molecule has 0 saturated carbocycles. The van der Waals surface area contributed by atoms with E-state index in [1.807, 2.05) is 43.3 Å². The molecule has 0 N–H and O–H groups in total. The SMILES string of the molecule is C/C=C/C=C/C(=O)[O][Hg][c]1ccccc1. The summed E-state index contributed by atoms with van der Waals surface area (Å²) in [6.07, 6.45) is 6.83. The molecule has 0 fully saturated rings. The summed E-state index contributed by atoms with van der Waals surface area (Å²) in [5.74, 6) is -0.224. The summed E-state index contributed by atoms with van der Waals surface area (Å²) in [5.41, 5.74) is 0. The molecule has 1 aromatic rings. The standard InChI is InChI=1S/C6H8O2.C6H5.Hg/c1-2-3-4-5-6(7)8;1-2-4-6-5-3-1;/h2-5H,1H3,(H,7,8);1-5H;/q;;+1/p-1/b3-2+,5-4+;;. The second-order valence-electron chi connectivity index (χ2n) is 2.98. The summed E-state index contributed by atoms with van der Waals surface area (Å²) >= 11 is -1.66. The zero-order valence-electron chi connectivity index (χ0n) is 8.72. The summed E-state index contributed by atoms with van der Waals surface area (Å²) in [7, 11) is 0. The predicted octanol–water partition coefficient (Wildman–Crippen LogP) is 1.98. The van der Waals surface area contributed by atoms with Crippen molar-refractivity contribution in [2.45, 2.75) is 6.92 Å². The topological polar surface area (TPSA) is 26.3 Å². The van der Waals surface area contributed by atoms with Crippen molar-refractivity contribution in [1.29, 1.82) is 0 Å². The Labute approximate surface area is 103 Å². The second-order valence-corrected chi connectivity index (χ2v) is 8.40. The van der Waals surface area contributed by atoms with Gasteiger partial charge in [-0.15, -0.1) is 0 Å². The molecule has 0 aromatic heterocycles. The van der Waals surface area contributed by atoms with Crippen molar-refractivity contribution >= 4 is 9.04 Å². The summed E-state index contributed by atoms with van der Waals surface area (Å²) in [6.45, 7) is 1.90. The second kappa shape index (κ2) is 7.40. The van der Waals surface area contributed by atoms with Crippen LogP contribution in [0.25, 0.3) is 0 Å². The van der Waals surface area contributed by atoms with Crippen LogP contribution in [0.1, 0.15) is 6.92 Å². The average molecular weight is 389 g/mol. The van der Waals surface area contributed by atoms with Crippen molar-refractivity contribution in [2.75, 3.05) is 0 Å². The number of benzene rings is 1. The fraction of sp³-hybridized carbons (Fsp3) is 0.0833. The normalized spacial score (nSPS) is 10.5. The van der Waals surface area contributed by atoms with Crippen LogP contribution >= 0.6 is 0 Å². The van der Waals surface area contributed by atoms with Gasteiger partial charge in [-0.3, -0.25) is 0 Å². The Hall–Kier alpha value is -0.895. The van der Waals surface area contributed by atoms with E-state index in [-0.39, 0.29) is 5.97 Å². The predicted molar refractivity (Wildman–Crippen MR) is 56.1 cm³/mol. The van der Waals surface area contributed by atoms with Gasteiger partial charge in [0.05, 0.1) is 0 Å². The minimum absolute atomic E-state index is 0.224. The zero-order valence-corrected chi connectivity index (χ0v) is 14.2. The van der Waals surface area contributed by atoms with Crippen molar-refractivity contribution in [3.05, 3.63) is 54.6 Å². The maximum atomic E-state index is 11.2. The van der Waals surface area contributed by atoms with Crippen molar-refractivity contribution in [1.82, 2.24) is 0 Å². The summed E-state index contributed by atoms with van der Waals surface area (Å²) in [5, 5.41) is 0. The van der Waals surface area contributed by atoms with Gasteiger partial charge in [-0.1, -0.05) is 0 Å². The van der Waals surface area contributed by atoms with E-state index in [0.29, 0.717) is 0 Å². The maximum absolute atomic E-state index is 11.2. The molecule has 0 heterocycles. The van der Waals surface area contributed by atoms with E-state index in [4.69, 9.17) is 2.64 Å². The van der Waals surface area contributed by atoms with E-state index < -0.39 is 25.0 Å². The minimum atomic E-state index is -1.66. The average Bonchev–Trinajstić information content (AvgIpc) is 2.28. The molecule has 1 rings (SSSR count). The Morgan fingerprint density at radius 3 is 2.67 bits per heavy atom. The van der Waals surface area contributed by atoms with Crippen LogP contribution in [0, 0.1) is 0 Å². The van der Waals surface area contributed by atoms with E-state index in [9.17, 15) is 4.79 Å². The van der Waals surface area contributed by atoms with Crippen molar-refractivity contribution in [3.63, 3.8) is 0 Å². The Morgan fingerprint density at radius 1 is 1.27 bits per heavy atom. The number of carbonyl (C=O) groups excluding carboxylic acids is 1.